The molecule has 2 aromatic rings. The smallest absolute Gasteiger partial charge is 0.271 e. The zero-order valence-corrected chi connectivity index (χ0v) is 19.9. The van der Waals surface area contributed by atoms with Gasteiger partial charge < -0.3 is 14.8 Å². The van der Waals surface area contributed by atoms with Crippen molar-refractivity contribution in [2.45, 2.75) is 66.5 Å². The van der Waals surface area contributed by atoms with Crippen LogP contribution in [-0.4, -0.2) is 34.6 Å². The van der Waals surface area contributed by atoms with Gasteiger partial charge in [-0.25, -0.2) is 4.98 Å². The summed E-state index contributed by atoms with van der Waals surface area (Å²) in [7, 11) is 0. The lowest BCUT2D eigenvalue weighted by atomic mass is 9.49. The summed E-state index contributed by atoms with van der Waals surface area (Å²) < 4.78 is 11.9. The second-order valence-corrected chi connectivity index (χ2v) is 9.73. The van der Waals surface area contributed by atoms with Gasteiger partial charge in [-0.15, -0.1) is 0 Å². The number of ether oxygens (including phenoxy) is 2. The molecule has 172 valence electrons. The van der Waals surface area contributed by atoms with Crippen LogP contribution in [0.25, 0.3) is 0 Å². The van der Waals surface area contributed by atoms with E-state index in [1.54, 1.807) is 24.4 Å². The Morgan fingerprint density at radius 1 is 1.22 bits per heavy atom. The topological polar surface area (TPSA) is 97.1 Å². The summed E-state index contributed by atoms with van der Waals surface area (Å²) in [6, 6.07) is 7.26. The molecular weight excluding hydrogens is 404 g/mol. The number of carbonyl (C=O) groups is 1. The Balaban J connectivity index is 0.00000385. The molecular formula is C25H34N4O3. The molecule has 0 spiro atoms. The van der Waals surface area contributed by atoms with Crippen LogP contribution < -0.4 is 14.8 Å². The van der Waals surface area contributed by atoms with E-state index in [9.17, 15) is 10.1 Å². The van der Waals surface area contributed by atoms with Gasteiger partial charge in [0.1, 0.15) is 29.4 Å². The number of amides is 1. The molecule has 0 bridgehead atoms. The lowest BCUT2D eigenvalue weighted by Crippen LogP contribution is -2.74. The van der Waals surface area contributed by atoms with Crippen LogP contribution >= 0.6 is 0 Å². The molecule has 1 aromatic carbocycles. The van der Waals surface area contributed by atoms with Crippen LogP contribution in [0.1, 0.15) is 77.6 Å². The van der Waals surface area contributed by atoms with E-state index in [1.807, 2.05) is 20.8 Å². The van der Waals surface area contributed by atoms with Gasteiger partial charge in [-0.1, -0.05) is 41.5 Å². The Bertz CT molecular complexity index is 1010. The van der Waals surface area contributed by atoms with Gasteiger partial charge in [-0.3, -0.25) is 9.78 Å². The number of benzene rings is 1. The van der Waals surface area contributed by atoms with Crippen LogP contribution in [0.4, 0.5) is 0 Å². The first-order valence-electron chi connectivity index (χ1n) is 11.0. The third-order valence-corrected chi connectivity index (χ3v) is 6.24. The first kappa shape index (κ1) is 23.5. The zero-order valence-electron chi connectivity index (χ0n) is 19.9. The highest BCUT2D eigenvalue weighted by atomic mass is 16.5. The van der Waals surface area contributed by atoms with Crippen molar-refractivity contribution in [1.82, 2.24) is 15.3 Å². The van der Waals surface area contributed by atoms with Crippen molar-refractivity contribution in [2.75, 3.05) is 6.61 Å². The molecule has 0 atom stereocenters. The van der Waals surface area contributed by atoms with Gasteiger partial charge in [-0.2, -0.15) is 5.26 Å². The maximum absolute atomic E-state index is 12.9. The fourth-order valence-corrected chi connectivity index (χ4v) is 4.84. The fraction of sp³-hybridized carbons (Fsp3) is 0.520. The van der Waals surface area contributed by atoms with Crippen LogP contribution in [0.2, 0.25) is 0 Å². The molecule has 1 heterocycles. The highest BCUT2D eigenvalue weighted by molar-refractivity contribution is 5.92. The standard InChI is InChI=1S/C25H32N4O3.H2/c1-8-31-20-11-17(10-9-16(20)12-26)32-23-24(4,5)22(25(23,6)7)29-21(30)19-14-27-18(13-28-19)15(2)3;/h9-11,13-15,22-23H,8H2,1-7H3,(H,29,30);1H. The van der Waals surface area contributed by atoms with Gasteiger partial charge >= 0.3 is 0 Å². The van der Waals surface area contributed by atoms with Crippen LogP contribution in [-0.2, 0) is 0 Å². The third kappa shape index (κ3) is 4.27. The van der Waals surface area contributed by atoms with Crippen molar-refractivity contribution in [3.05, 3.63) is 47.5 Å². The molecule has 3 rings (SSSR count). The fourth-order valence-electron chi connectivity index (χ4n) is 4.84. The van der Waals surface area contributed by atoms with E-state index in [1.165, 1.54) is 6.20 Å². The van der Waals surface area contributed by atoms with Crippen molar-refractivity contribution < 1.29 is 15.7 Å². The second kappa shape index (κ2) is 8.78. The molecule has 7 nitrogen and oxygen atoms in total. The molecule has 0 radical (unpaired) electrons. The number of rotatable bonds is 7. The van der Waals surface area contributed by atoms with Gasteiger partial charge in [0.25, 0.3) is 5.91 Å². The number of hydrogen-bond donors (Lipinski definition) is 1. The number of nitrogens with zero attached hydrogens (tertiary/aromatic N) is 3. The Morgan fingerprint density at radius 2 is 1.91 bits per heavy atom. The third-order valence-electron chi connectivity index (χ3n) is 6.24. The Kier molecular flexibility index (Phi) is 6.45. The van der Waals surface area contributed by atoms with E-state index in [0.29, 0.717) is 29.4 Å². The highest BCUT2D eigenvalue weighted by Gasteiger charge is 2.64. The average Bonchev–Trinajstić information content (AvgIpc) is 2.75. The number of nitriles is 1. The number of hydrogen-bond acceptors (Lipinski definition) is 6. The van der Waals surface area contributed by atoms with E-state index in [0.717, 1.165) is 5.69 Å². The highest BCUT2D eigenvalue weighted by Crippen LogP contribution is 2.55. The molecule has 1 saturated carbocycles. The molecule has 0 aliphatic heterocycles. The summed E-state index contributed by atoms with van der Waals surface area (Å²) in [5.74, 6) is 1.16. The van der Waals surface area contributed by atoms with Crippen LogP contribution in [0.3, 0.4) is 0 Å². The van der Waals surface area contributed by atoms with E-state index in [2.05, 4.69) is 49.0 Å². The normalized spacial score (nSPS) is 20.7. The minimum atomic E-state index is -0.329. The zero-order chi connectivity index (χ0) is 23.7. The Hall–Kier alpha value is -3.14. The summed E-state index contributed by atoms with van der Waals surface area (Å²) in [4.78, 5) is 21.5. The summed E-state index contributed by atoms with van der Waals surface area (Å²) >= 11 is 0. The number of carbonyl (C=O) groups excluding carboxylic acids is 1. The van der Waals surface area contributed by atoms with Gasteiger partial charge in [0, 0.05) is 30.6 Å². The quantitative estimate of drug-likeness (QED) is 0.671. The Morgan fingerprint density at radius 3 is 2.44 bits per heavy atom. The summed E-state index contributed by atoms with van der Waals surface area (Å²) in [5.41, 5.74) is 0.974. The lowest BCUT2D eigenvalue weighted by molar-refractivity contribution is -0.164. The van der Waals surface area contributed by atoms with Crippen molar-refractivity contribution in [2.24, 2.45) is 10.8 Å². The maximum atomic E-state index is 12.9. The van der Waals surface area contributed by atoms with Crippen molar-refractivity contribution in [3.63, 3.8) is 0 Å². The van der Waals surface area contributed by atoms with Crippen molar-refractivity contribution in [3.8, 4) is 17.6 Å². The average molecular weight is 439 g/mol. The molecule has 1 amide bonds. The lowest BCUT2D eigenvalue weighted by Gasteiger charge is -2.63. The second-order valence-electron chi connectivity index (χ2n) is 9.73. The van der Waals surface area contributed by atoms with E-state index in [4.69, 9.17) is 9.47 Å². The first-order chi connectivity index (χ1) is 15.0. The molecule has 1 aliphatic carbocycles. The van der Waals surface area contributed by atoms with Crippen LogP contribution in [0, 0.1) is 22.2 Å². The van der Waals surface area contributed by atoms with Gasteiger partial charge in [0.05, 0.1) is 24.1 Å². The predicted molar refractivity (Wildman–Crippen MR) is 124 cm³/mol. The van der Waals surface area contributed by atoms with Crippen LogP contribution in [0.15, 0.2) is 30.6 Å². The van der Waals surface area contributed by atoms with Gasteiger partial charge in [0.15, 0.2) is 0 Å². The molecule has 0 saturated heterocycles. The largest absolute Gasteiger partial charge is 0.492 e. The molecule has 1 aromatic heterocycles. The summed E-state index contributed by atoms with van der Waals surface area (Å²) in [6.45, 7) is 14.7. The predicted octanol–water partition coefficient (Wildman–Crippen LogP) is 4.73. The minimum absolute atomic E-state index is 0. The van der Waals surface area contributed by atoms with Crippen molar-refractivity contribution in [1.29, 1.82) is 5.26 Å². The molecule has 1 fully saturated rings. The van der Waals surface area contributed by atoms with E-state index < -0.39 is 0 Å². The van der Waals surface area contributed by atoms with Gasteiger partial charge in [0.2, 0.25) is 0 Å². The molecule has 0 unspecified atom stereocenters. The maximum Gasteiger partial charge on any atom is 0.271 e. The summed E-state index contributed by atoms with van der Waals surface area (Å²) in [5, 5.41) is 12.4. The molecule has 1 aliphatic rings. The minimum Gasteiger partial charge on any atom is -0.492 e. The summed E-state index contributed by atoms with van der Waals surface area (Å²) in [6.07, 6.45) is 3.03. The van der Waals surface area contributed by atoms with Crippen molar-refractivity contribution >= 4 is 5.91 Å². The Labute approximate surface area is 191 Å². The number of aromatic nitrogens is 2. The van der Waals surface area contributed by atoms with Gasteiger partial charge in [-0.05, 0) is 25.0 Å². The van der Waals surface area contributed by atoms with Crippen LogP contribution in [0.5, 0.6) is 11.5 Å². The molecule has 32 heavy (non-hydrogen) atoms. The van der Waals surface area contributed by atoms with E-state index in [-0.39, 0.29) is 36.2 Å². The number of nitrogens with one attached hydrogen (secondary N) is 1. The molecule has 7 heteroatoms. The first-order valence-corrected chi connectivity index (χ1v) is 11.0. The SMILES string of the molecule is CCOc1cc(OC2C(C)(C)C(NC(=O)c3cnc(C(C)C)cn3)C2(C)C)ccc1C#N.[HH]. The monoisotopic (exact) mass is 438 g/mol. The molecule has 1 N–H and O–H groups in total. The van der Waals surface area contributed by atoms with E-state index >= 15 is 0 Å².